The van der Waals surface area contributed by atoms with Crippen molar-refractivity contribution in [2.75, 3.05) is 0 Å². The molecule has 9 nitrogen and oxygen atoms in total. The van der Waals surface area contributed by atoms with E-state index in [1.807, 2.05) is 0 Å². The quantitative estimate of drug-likeness (QED) is 0.177. The van der Waals surface area contributed by atoms with Gasteiger partial charge in [0.25, 0.3) is 0 Å². The molecule has 6 rings (SSSR count). The van der Waals surface area contributed by atoms with Crippen LogP contribution >= 0.6 is 0 Å². The number of benzene rings is 2. The first-order valence-corrected chi connectivity index (χ1v) is 12.0. The lowest BCUT2D eigenvalue weighted by molar-refractivity contribution is -0.0500. The zero-order valence-electron chi connectivity index (χ0n) is 18.6. The van der Waals surface area contributed by atoms with Gasteiger partial charge in [0.2, 0.25) is 11.9 Å². The zero-order chi connectivity index (χ0) is 27.0. The van der Waals surface area contributed by atoms with Crippen LogP contribution in [0.4, 0.5) is 22.0 Å². The molecule has 4 aromatic rings. The van der Waals surface area contributed by atoms with Gasteiger partial charge in [-0.2, -0.15) is 26.0 Å². The van der Waals surface area contributed by atoms with Crippen LogP contribution in [0.1, 0.15) is 17.0 Å². The van der Waals surface area contributed by atoms with Gasteiger partial charge in [-0.05, 0) is 35.9 Å². The molecule has 194 valence electrons. The normalized spacial score (nSPS) is 17.9. The lowest BCUT2D eigenvalue weighted by Gasteiger charge is -2.34. The van der Waals surface area contributed by atoms with E-state index in [9.17, 15) is 26.0 Å². The highest BCUT2D eigenvalue weighted by Crippen LogP contribution is 2.56. The maximum Gasteiger partial charge on any atom is 0.534 e. The highest BCUT2D eigenvalue weighted by molar-refractivity contribution is 7.88. The molecule has 0 amide bonds. The molecule has 4 heterocycles. The number of nitrogens with two attached hydrogens (primary N) is 1. The van der Waals surface area contributed by atoms with E-state index in [0.717, 1.165) is 6.07 Å². The minimum atomic E-state index is -6.14. The van der Waals surface area contributed by atoms with Crippen molar-refractivity contribution in [1.29, 1.82) is 0 Å². The molecular weight excluding hydrogens is 537 g/mol. The number of ether oxygens (including phenoxy) is 1. The minimum absolute atomic E-state index is 0.0639. The molecule has 2 N–H and O–H groups in total. The highest BCUT2D eigenvalue weighted by atomic mass is 32.2. The van der Waals surface area contributed by atoms with Crippen molar-refractivity contribution in [1.82, 2.24) is 14.5 Å². The Morgan fingerprint density at radius 2 is 1.82 bits per heavy atom. The van der Waals surface area contributed by atoms with Crippen LogP contribution in [0.5, 0.6) is 17.2 Å². The Labute approximate surface area is 210 Å². The number of halogens is 5. The third kappa shape index (κ3) is 3.27. The number of nitrogens with zero attached hydrogens (tertiary/aromatic N) is 4. The summed E-state index contributed by atoms with van der Waals surface area (Å²) < 4.78 is 103. The number of aromatic nitrogens is 3. The number of fused-ring (bicyclic) bond motifs is 6. The van der Waals surface area contributed by atoms with E-state index in [4.69, 9.17) is 10.5 Å². The SMILES string of the molecule is NC1=NC2(c3cc(-c4cccnc4F)ccc3Oc3c(F)cc(OS(=O)(=O)C(F)(F)F)cc32)c2nccn21. The van der Waals surface area contributed by atoms with Crippen LogP contribution in [-0.2, 0) is 15.7 Å². The summed E-state index contributed by atoms with van der Waals surface area (Å²) in [5.74, 6) is -3.42. The monoisotopic (exact) mass is 549 g/mol. The molecule has 0 fully saturated rings. The summed E-state index contributed by atoms with van der Waals surface area (Å²) >= 11 is 0. The molecular formula is C23H12F5N5O4S. The van der Waals surface area contributed by atoms with E-state index < -0.39 is 44.4 Å². The van der Waals surface area contributed by atoms with Crippen LogP contribution in [0.15, 0.2) is 66.0 Å². The second-order valence-corrected chi connectivity index (χ2v) is 9.76. The lowest BCUT2D eigenvalue weighted by Crippen LogP contribution is -2.32. The predicted molar refractivity (Wildman–Crippen MR) is 121 cm³/mol. The first kappa shape index (κ1) is 23.8. The highest BCUT2D eigenvalue weighted by Gasteiger charge is 2.53. The summed E-state index contributed by atoms with van der Waals surface area (Å²) in [6.07, 6.45) is 4.08. The Morgan fingerprint density at radius 1 is 1.03 bits per heavy atom. The molecule has 1 unspecified atom stereocenters. The minimum Gasteiger partial charge on any atom is -0.453 e. The lowest BCUT2D eigenvalue weighted by atomic mass is 9.79. The van der Waals surface area contributed by atoms with Crippen molar-refractivity contribution in [2.45, 2.75) is 11.0 Å². The van der Waals surface area contributed by atoms with Crippen molar-refractivity contribution in [3.8, 4) is 28.4 Å². The van der Waals surface area contributed by atoms with Gasteiger partial charge in [-0.25, -0.2) is 19.4 Å². The molecule has 1 atom stereocenters. The standard InChI is InChI=1S/C23H12F5N5O4S/c24-16-10-12(37-38(34,35)23(26,27)28)9-15-18(16)36-17-4-3-11(13-2-1-5-30-19(13)25)8-14(17)22(15)20-31-6-7-33(20)21(29)32-22/h1-10H,(H2,29,32). The van der Waals surface area contributed by atoms with Crippen molar-refractivity contribution in [3.63, 3.8) is 0 Å². The van der Waals surface area contributed by atoms with Gasteiger partial charge in [0, 0.05) is 41.3 Å². The van der Waals surface area contributed by atoms with Crippen molar-refractivity contribution < 1.29 is 39.3 Å². The van der Waals surface area contributed by atoms with Crippen LogP contribution in [-0.4, -0.2) is 34.4 Å². The van der Waals surface area contributed by atoms with Gasteiger partial charge in [-0.1, -0.05) is 6.07 Å². The Kier molecular flexibility index (Phi) is 4.85. The summed E-state index contributed by atoms with van der Waals surface area (Å²) in [6.45, 7) is 0. The molecule has 0 saturated heterocycles. The van der Waals surface area contributed by atoms with E-state index in [0.29, 0.717) is 11.6 Å². The topological polar surface area (TPSA) is 122 Å². The molecule has 2 aromatic carbocycles. The van der Waals surface area contributed by atoms with Crippen molar-refractivity contribution in [3.05, 3.63) is 89.8 Å². The zero-order valence-corrected chi connectivity index (χ0v) is 19.4. The van der Waals surface area contributed by atoms with E-state index in [2.05, 4.69) is 19.1 Å². The second-order valence-electron chi connectivity index (χ2n) is 8.22. The number of imidazole rings is 1. The number of rotatable bonds is 3. The van der Waals surface area contributed by atoms with Gasteiger partial charge in [-0.3, -0.25) is 4.57 Å². The first-order chi connectivity index (χ1) is 17.9. The van der Waals surface area contributed by atoms with Crippen LogP contribution in [0.2, 0.25) is 0 Å². The van der Waals surface area contributed by atoms with Gasteiger partial charge in [0.05, 0.1) is 0 Å². The summed E-state index contributed by atoms with van der Waals surface area (Å²) in [5.41, 5.74) is -1.13. The maximum atomic E-state index is 15.3. The molecule has 0 radical (unpaired) electrons. The summed E-state index contributed by atoms with van der Waals surface area (Å²) in [7, 11) is -6.14. The fourth-order valence-corrected chi connectivity index (χ4v) is 4.93. The van der Waals surface area contributed by atoms with E-state index in [1.54, 1.807) is 0 Å². The fourth-order valence-electron chi connectivity index (χ4n) is 4.48. The van der Waals surface area contributed by atoms with Crippen LogP contribution in [0.3, 0.4) is 0 Å². The van der Waals surface area contributed by atoms with Crippen LogP contribution < -0.4 is 14.7 Å². The van der Waals surface area contributed by atoms with Crippen molar-refractivity contribution >= 4 is 16.1 Å². The van der Waals surface area contributed by atoms with E-state index in [-0.39, 0.29) is 34.2 Å². The maximum absolute atomic E-state index is 15.3. The number of alkyl halides is 3. The Hall–Kier alpha value is -4.53. The Morgan fingerprint density at radius 3 is 2.55 bits per heavy atom. The van der Waals surface area contributed by atoms with Crippen molar-refractivity contribution in [2.24, 2.45) is 10.7 Å². The summed E-state index contributed by atoms with van der Waals surface area (Å²) in [4.78, 5) is 12.4. The van der Waals surface area contributed by atoms with Gasteiger partial charge < -0.3 is 14.7 Å². The number of pyridine rings is 1. The Bertz CT molecular complexity index is 1790. The molecule has 0 aliphatic carbocycles. The molecule has 0 bridgehead atoms. The number of hydrogen-bond donors (Lipinski definition) is 1. The van der Waals surface area contributed by atoms with Gasteiger partial charge >= 0.3 is 15.6 Å². The largest absolute Gasteiger partial charge is 0.534 e. The molecule has 1 spiro atoms. The third-order valence-corrected chi connectivity index (χ3v) is 7.02. The van der Waals surface area contributed by atoms with Gasteiger partial charge in [0.15, 0.2) is 22.9 Å². The van der Waals surface area contributed by atoms with E-state index >= 15 is 4.39 Å². The fraction of sp³-hybridized carbons (Fsp3) is 0.0870. The molecule has 2 aromatic heterocycles. The number of aliphatic imine (C=N–C) groups is 1. The average molecular weight is 549 g/mol. The smallest absolute Gasteiger partial charge is 0.453 e. The Balaban J connectivity index is 1.63. The van der Waals surface area contributed by atoms with Crippen LogP contribution in [0, 0.1) is 11.8 Å². The van der Waals surface area contributed by atoms with Gasteiger partial charge in [0.1, 0.15) is 11.5 Å². The van der Waals surface area contributed by atoms with Gasteiger partial charge in [-0.15, -0.1) is 0 Å². The molecule has 2 aliphatic heterocycles. The average Bonchev–Trinajstić information content (AvgIpc) is 3.43. The third-order valence-electron chi connectivity index (χ3n) is 6.04. The first-order valence-electron chi connectivity index (χ1n) is 10.6. The molecule has 0 saturated carbocycles. The van der Waals surface area contributed by atoms with E-state index in [1.165, 1.54) is 53.5 Å². The number of hydrogen-bond acceptors (Lipinski definition) is 8. The molecule has 15 heteroatoms. The molecule has 38 heavy (non-hydrogen) atoms. The van der Waals surface area contributed by atoms with Crippen LogP contribution in [0.25, 0.3) is 11.1 Å². The molecule has 2 aliphatic rings. The summed E-state index contributed by atoms with van der Waals surface area (Å²) in [6, 6.07) is 8.66. The summed E-state index contributed by atoms with van der Waals surface area (Å²) in [5, 5.41) is 0. The predicted octanol–water partition coefficient (Wildman–Crippen LogP) is 4.03. The second kappa shape index (κ2) is 7.74.